The quantitative estimate of drug-likeness (QED) is 0.344. The van der Waals surface area contributed by atoms with Crippen LogP contribution in [0.5, 0.6) is 5.75 Å². The van der Waals surface area contributed by atoms with E-state index in [9.17, 15) is 14.7 Å². The third-order valence-electron chi connectivity index (χ3n) is 7.35. The van der Waals surface area contributed by atoms with Crippen molar-refractivity contribution in [2.75, 3.05) is 14.2 Å². The monoisotopic (exact) mass is 396 g/mol. The Hall–Kier alpha value is -2.56. The first kappa shape index (κ1) is 19.7. The highest BCUT2D eigenvalue weighted by Crippen LogP contribution is 2.60. The second-order valence-corrected chi connectivity index (χ2v) is 8.68. The number of hydrogen-bond donors (Lipinski definition) is 1. The van der Waals surface area contributed by atoms with Crippen LogP contribution in [0.4, 0.5) is 0 Å². The van der Waals surface area contributed by atoms with Crippen LogP contribution < -0.4 is 0 Å². The number of phenols is 1. The molecular weight excluding hydrogens is 368 g/mol. The normalized spacial score (nSPS) is 29.9. The van der Waals surface area contributed by atoms with Gasteiger partial charge < -0.3 is 14.6 Å². The predicted octanol–water partition coefficient (Wildman–Crippen LogP) is 4.45. The first-order chi connectivity index (χ1) is 14.0. The molecule has 0 spiro atoms. The third-order valence-corrected chi connectivity index (χ3v) is 7.35. The van der Waals surface area contributed by atoms with E-state index in [4.69, 9.17) is 4.74 Å². The molecule has 0 aromatic heterocycles. The molecule has 0 unspecified atom stereocenters. The number of allylic oxidation sites excluding steroid dienone is 1. The maximum absolute atomic E-state index is 11.9. The van der Waals surface area contributed by atoms with Crippen LogP contribution in [0.25, 0.3) is 11.8 Å². The van der Waals surface area contributed by atoms with Crippen LogP contribution in [0.3, 0.4) is 0 Å². The highest BCUT2D eigenvalue weighted by atomic mass is 16.5. The van der Waals surface area contributed by atoms with Gasteiger partial charge in [0, 0.05) is 22.8 Å². The van der Waals surface area contributed by atoms with Crippen molar-refractivity contribution >= 4 is 24.1 Å². The SMILES string of the molecule is COC(=O)/C=C/c1cc(C=O)c(C(OC)=C2C3CC4CC2CC(C3)C4C)cc1O. The summed E-state index contributed by atoms with van der Waals surface area (Å²) < 4.78 is 10.4. The highest BCUT2D eigenvalue weighted by molar-refractivity contribution is 5.90. The fraction of sp³-hybridized carbons (Fsp3) is 0.500. The maximum Gasteiger partial charge on any atom is 0.330 e. The van der Waals surface area contributed by atoms with Gasteiger partial charge in [-0.1, -0.05) is 6.92 Å². The van der Waals surface area contributed by atoms with Crippen LogP contribution in [-0.4, -0.2) is 31.6 Å². The second-order valence-electron chi connectivity index (χ2n) is 8.68. The fourth-order valence-corrected chi connectivity index (χ4v) is 5.96. The zero-order valence-electron chi connectivity index (χ0n) is 17.2. The minimum atomic E-state index is -0.524. The Morgan fingerprint density at radius 1 is 1.03 bits per heavy atom. The maximum atomic E-state index is 11.9. The minimum absolute atomic E-state index is 0.00154. The molecule has 4 aliphatic carbocycles. The van der Waals surface area contributed by atoms with Crippen LogP contribution in [-0.2, 0) is 14.3 Å². The summed E-state index contributed by atoms with van der Waals surface area (Å²) in [6.07, 6.45) is 8.22. The van der Waals surface area contributed by atoms with Gasteiger partial charge in [-0.3, -0.25) is 4.79 Å². The molecule has 1 aromatic carbocycles. The van der Waals surface area contributed by atoms with Gasteiger partial charge in [-0.15, -0.1) is 0 Å². The summed E-state index contributed by atoms with van der Waals surface area (Å²) in [7, 11) is 2.93. The summed E-state index contributed by atoms with van der Waals surface area (Å²) in [6, 6.07) is 3.18. The molecule has 0 saturated heterocycles. The zero-order chi connectivity index (χ0) is 20.7. The average Bonchev–Trinajstić information content (AvgIpc) is 2.71. The molecule has 4 aliphatic rings. The van der Waals surface area contributed by atoms with E-state index in [0.29, 0.717) is 28.5 Å². The molecule has 5 rings (SSSR count). The van der Waals surface area contributed by atoms with Crippen molar-refractivity contribution in [1.82, 2.24) is 0 Å². The molecular formula is C24H28O5. The van der Waals surface area contributed by atoms with E-state index in [1.165, 1.54) is 50.5 Å². The van der Waals surface area contributed by atoms with Gasteiger partial charge in [0.05, 0.1) is 14.2 Å². The Kier molecular flexibility index (Phi) is 5.24. The molecule has 29 heavy (non-hydrogen) atoms. The number of hydrogen-bond acceptors (Lipinski definition) is 5. The zero-order valence-corrected chi connectivity index (χ0v) is 17.2. The molecule has 154 valence electrons. The molecule has 5 nitrogen and oxygen atoms in total. The van der Waals surface area contributed by atoms with E-state index in [-0.39, 0.29) is 5.75 Å². The molecule has 0 heterocycles. The van der Waals surface area contributed by atoms with E-state index in [0.717, 1.165) is 29.8 Å². The number of aromatic hydroxyl groups is 1. The van der Waals surface area contributed by atoms with E-state index >= 15 is 0 Å². The minimum Gasteiger partial charge on any atom is -0.507 e. The Morgan fingerprint density at radius 2 is 1.66 bits per heavy atom. The highest BCUT2D eigenvalue weighted by Gasteiger charge is 2.50. The van der Waals surface area contributed by atoms with Gasteiger partial charge in [0.25, 0.3) is 0 Å². The van der Waals surface area contributed by atoms with Crippen molar-refractivity contribution in [2.24, 2.45) is 29.6 Å². The molecule has 0 amide bonds. The first-order valence-electron chi connectivity index (χ1n) is 10.3. The lowest BCUT2D eigenvalue weighted by atomic mass is 9.50. The van der Waals surface area contributed by atoms with Gasteiger partial charge in [0.2, 0.25) is 0 Å². The number of ether oxygens (including phenoxy) is 2. The van der Waals surface area contributed by atoms with Crippen LogP contribution in [0.2, 0.25) is 0 Å². The summed E-state index contributed by atoms with van der Waals surface area (Å²) in [5.41, 5.74) is 2.79. The van der Waals surface area contributed by atoms with E-state index < -0.39 is 5.97 Å². The lowest BCUT2D eigenvalue weighted by molar-refractivity contribution is -0.134. The predicted molar refractivity (Wildman–Crippen MR) is 110 cm³/mol. The number of phenolic OH excluding ortho intramolecular Hbond substituents is 1. The first-order valence-corrected chi connectivity index (χ1v) is 10.3. The summed E-state index contributed by atoms with van der Waals surface area (Å²) >= 11 is 0. The lowest BCUT2D eigenvalue weighted by Crippen LogP contribution is -2.45. The van der Waals surface area contributed by atoms with Gasteiger partial charge in [-0.2, -0.15) is 0 Å². The van der Waals surface area contributed by atoms with Crippen molar-refractivity contribution in [1.29, 1.82) is 0 Å². The van der Waals surface area contributed by atoms with Crippen LogP contribution in [0.1, 0.15) is 54.1 Å². The van der Waals surface area contributed by atoms with Crippen molar-refractivity contribution in [3.8, 4) is 5.75 Å². The fourth-order valence-electron chi connectivity index (χ4n) is 5.96. The van der Waals surface area contributed by atoms with Crippen molar-refractivity contribution in [3.63, 3.8) is 0 Å². The lowest BCUT2D eigenvalue weighted by Gasteiger charge is -2.55. The number of aldehydes is 1. The molecule has 5 heteroatoms. The van der Waals surface area contributed by atoms with Gasteiger partial charge in [-0.05, 0) is 79.1 Å². The molecule has 1 N–H and O–H groups in total. The summed E-state index contributed by atoms with van der Waals surface area (Å²) in [5, 5.41) is 10.5. The summed E-state index contributed by atoms with van der Waals surface area (Å²) in [6.45, 7) is 2.40. The number of methoxy groups -OCH3 is 2. The molecule has 4 fully saturated rings. The van der Waals surface area contributed by atoms with Crippen LogP contribution >= 0.6 is 0 Å². The summed E-state index contributed by atoms with van der Waals surface area (Å²) in [4.78, 5) is 23.2. The largest absolute Gasteiger partial charge is 0.507 e. The molecule has 4 saturated carbocycles. The Bertz CT molecular complexity index is 863. The van der Waals surface area contributed by atoms with Crippen molar-refractivity contribution in [2.45, 2.75) is 32.6 Å². The average molecular weight is 396 g/mol. The molecule has 0 radical (unpaired) electrons. The van der Waals surface area contributed by atoms with Crippen molar-refractivity contribution in [3.05, 3.63) is 40.5 Å². The Labute approximate surface area is 171 Å². The standard InChI is InChI=1S/C24H28O5/c1-13-15-7-17-9-16(13)10-18(8-15)23(17)24(29-3)20-11-21(26)14(6-19(20)12-25)4-5-22(27)28-2/h4-6,11-13,15-18,26H,7-10H2,1-3H3/b5-4+,24-23?. The van der Waals surface area contributed by atoms with Crippen LogP contribution in [0, 0.1) is 29.6 Å². The molecule has 0 aliphatic heterocycles. The number of rotatable bonds is 5. The number of carbonyl (C=O) groups is 2. The molecule has 1 aromatic rings. The summed E-state index contributed by atoms with van der Waals surface area (Å²) in [5.74, 6) is 3.63. The molecule has 0 atom stereocenters. The number of benzene rings is 1. The topological polar surface area (TPSA) is 72.8 Å². The van der Waals surface area contributed by atoms with E-state index in [1.54, 1.807) is 19.2 Å². The van der Waals surface area contributed by atoms with E-state index in [1.807, 2.05) is 0 Å². The van der Waals surface area contributed by atoms with Crippen molar-refractivity contribution < 1.29 is 24.2 Å². The second kappa shape index (κ2) is 7.69. The van der Waals surface area contributed by atoms with Gasteiger partial charge >= 0.3 is 5.97 Å². The number of carbonyl (C=O) groups excluding carboxylic acids is 2. The van der Waals surface area contributed by atoms with Gasteiger partial charge in [0.1, 0.15) is 11.5 Å². The Morgan fingerprint density at radius 3 is 2.17 bits per heavy atom. The van der Waals surface area contributed by atoms with E-state index in [2.05, 4.69) is 11.7 Å². The Balaban J connectivity index is 1.76. The number of esters is 1. The van der Waals surface area contributed by atoms with Gasteiger partial charge in [0.15, 0.2) is 6.29 Å². The van der Waals surface area contributed by atoms with Gasteiger partial charge in [-0.25, -0.2) is 4.79 Å². The smallest absolute Gasteiger partial charge is 0.330 e. The third kappa shape index (κ3) is 3.37. The van der Waals surface area contributed by atoms with Crippen LogP contribution in [0.15, 0.2) is 23.8 Å². The molecule has 4 bridgehead atoms.